The summed E-state index contributed by atoms with van der Waals surface area (Å²) in [5, 5.41) is 5.99. The molecule has 2 amide bonds. The van der Waals surface area contributed by atoms with Crippen molar-refractivity contribution < 1.29 is 4.79 Å². The number of urea groups is 1. The van der Waals surface area contributed by atoms with Gasteiger partial charge in [0.05, 0.1) is 6.04 Å². The molecule has 0 fully saturated rings. The number of nitrogens with one attached hydrogen (secondary N) is 2. The Kier molecular flexibility index (Phi) is 4.37. The monoisotopic (exact) mass is 308 g/mol. The van der Waals surface area contributed by atoms with Crippen LogP contribution in [0.5, 0.6) is 0 Å². The highest BCUT2D eigenvalue weighted by Gasteiger charge is 2.14. The molecule has 2 aromatic carbocycles. The standard InChI is InChI=1S/C20H24N2O/c1-13-7-8-14(2)19(11-13)15(3)21-20(23)22-18-10-9-16-5-4-6-17(16)12-18/h7-12,15H,4-6H2,1-3H3,(H2,21,22,23)/t15-/m1/s1. The molecule has 1 aliphatic rings. The van der Waals surface area contributed by atoms with Crippen LogP contribution in [-0.4, -0.2) is 6.03 Å². The summed E-state index contributed by atoms with van der Waals surface area (Å²) in [6.07, 6.45) is 3.49. The molecule has 1 atom stereocenters. The zero-order valence-electron chi connectivity index (χ0n) is 14.1. The Morgan fingerprint density at radius 1 is 1.04 bits per heavy atom. The molecule has 0 saturated heterocycles. The van der Waals surface area contributed by atoms with Crippen LogP contribution in [0.25, 0.3) is 0 Å². The molecular formula is C20H24N2O. The second kappa shape index (κ2) is 6.45. The molecule has 1 aliphatic carbocycles. The molecule has 0 aliphatic heterocycles. The van der Waals surface area contributed by atoms with Crippen molar-refractivity contribution in [1.29, 1.82) is 0 Å². The van der Waals surface area contributed by atoms with E-state index in [0.29, 0.717) is 0 Å². The molecule has 0 radical (unpaired) electrons. The van der Waals surface area contributed by atoms with Crippen LogP contribution >= 0.6 is 0 Å². The molecule has 0 unspecified atom stereocenters. The summed E-state index contributed by atoms with van der Waals surface area (Å²) in [5.74, 6) is 0. The lowest BCUT2D eigenvalue weighted by Crippen LogP contribution is -2.31. The Labute approximate surface area is 138 Å². The molecular weight excluding hydrogens is 284 g/mol. The van der Waals surface area contributed by atoms with Crippen LogP contribution in [0, 0.1) is 13.8 Å². The molecule has 0 spiro atoms. The highest BCUT2D eigenvalue weighted by Crippen LogP contribution is 2.25. The fourth-order valence-corrected chi connectivity index (χ4v) is 3.32. The topological polar surface area (TPSA) is 41.1 Å². The summed E-state index contributed by atoms with van der Waals surface area (Å²) in [4.78, 5) is 12.3. The van der Waals surface area contributed by atoms with Crippen LogP contribution in [0.15, 0.2) is 36.4 Å². The van der Waals surface area contributed by atoms with E-state index in [1.165, 1.54) is 28.7 Å². The average Bonchev–Trinajstić information content (AvgIpc) is 2.97. The fraction of sp³-hybridized carbons (Fsp3) is 0.350. The van der Waals surface area contributed by atoms with Gasteiger partial charge in [-0.15, -0.1) is 0 Å². The van der Waals surface area contributed by atoms with Gasteiger partial charge in [-0.2, -0.15) is 0 Å². The maximum atomic E-state index is 12.3. The summed E-state index contributed by atoms with van der Waals surface area (Å²) in [7, 11) is 0. The molecule has 3 nitrogen and oxygen atoms in total. The Morgan fingerprint density at radius 2 is 1.83 bits per heavy atom. The van der Waals surface area contributed by atoms with Crippen molar-refractivity contribution in [3.05, 3.63) is 64.2 Å². The van der Waals surface area contributed by atoms with Crippen molar-refractivity contribution in [2.75, 3.05) is 5.32 Å². The van der Waals surface area contributed by atoms with Gasteiger partial charge in [0.25, 0.3) is 0 Å². The quantitative estimate of drug-likeness (QED) is 0.849. The van der Waals surface area contributed by atoms with Crippen molar-refractivity contribution in [3.8, 4) is 0 Å². The van der Waals surface area contributed by atoms with E-state index in [0.717, 1.165) is 24.1 Å². The van der Waals surface area contributed by atoms with Crippen molar-refractivity contribution >= 4 is 11.7 Å². The summed E-state index contributed by atoms with van der Waals surface area (Å²) in [6.45, 7) is 6.16. The molecule has 2 N–H and O–H groups in total. The molecule has 23 heavy (non-hydrogen) atoms. The van der Waals surface area contributed by atoms with Crippen molar-refractivity contribution in [1.82, 2.24) is 5.32 Å². The number of hydrogen-bond donors (Lipinski definition) is 2. The van der Waals surface area contributed by atoms with Gasteiger partial charge in [0.1, 0.15) is 0 Å². The predicted molar refractivity (Wildman–Crippen MR) is 95.0 cm³/mol. The molecule has 0 bridgehead atoms. The normalized spacial score (nSPS) is 14.2. The molecule has 0 aromatic heterocycles. The molecule has 3 rings (SSSR count). The third-order valence-electron chi connectivity index (χ3n) is 4.61. The zero-order chi connectivity index (χ0) is 16.4. The summed E-state index contributed by atoms with van der Waals surface area (Å²) < 4.78 is 0. The number of fused-ring (bicyclic) bond motifs is 1. The van der Waals surface area contributed by atoms with Gasteiger partial charge in [-0.3, -0.25) is 0 Å². The summed E-state index contributed by atoms with van der Waals surface area (Å²) in [5.41, 5.74) is 7.22. The lowest BCUT2D eigenvalue weighted by atomic mass is 10.0. The van der Waals surface area contributed by atoms with Crippen LogP contribution in [0.2, 0.25) is 0 Å². The number of hydrogen-bond acceptors (Lipinski definition) is 1. The summed E-state index contributed by atoms with van der Waals surface area (Å²) in [6, 6.07) is 12.4. The maximum Gasteiger partial charge on any atom is 0.319 e. The number of benzene rings is 2. The molecule has 0 saturated carbocycles. The lowest BCUT2D eigenvalue weighted by Gasteiger charge is -2.18. The van der Waals surface area contributed by atoms with E-state index in [9.17, 15) is 4.79 Å². The van der Waals surface area contributed by atoms with E-state index in [2.05, 4.69) is 54.8 Å². The average molecular weight is 308 g/mol. The SMILES string of the molecule is Cc1ccc(C)c([C@@H](C)NC(=O)Nc2ccc3c(c2)CCC3)c1. The number of carbonyl (C=O) groups excluding carboxylic acids is 1. The second-order valence-corrected chi connectivity index (χ2v) is 6.52. The number of amides is 2. The van der Waals surface area contributed by atoms with E-state index in [-0.39, 0.29) is 12.1 Å². The van der Waals surface area contributed by atoms with E-state index in [1.807, 2.05) is 13.0 Å². The Morgan fingerprint density at radius 3 is 2.65 bits per heavy atom. The fourth-order valence-electron chi connectivity index (χ4n) is 3.32. The van der Waals surface area contributed by atoms with Crippen LogP contribution in [0.1, 0.15) is 47.2 Å². The van der Waals surface area contributed by atoms with Crippen LogP contribution < -0.4 is 10.6 Å². The predicted octanol–water partition coefficient (Wildman–Crippen LogP) is 4.67. The third kappa shape index (κ3) is 3.55. The van der Waals surface area contributed by atoms with E-state index >= 15 is 0 Å². The first-order valence-electron chi connectivity index (χ1n) is 8.29. The van der Waals surface area contributed by atoms with E-state index in [1.54, 1.807) is 0 Å². The largest absolute Gasteiger partial charge is 0.331 e. The van der Waals surface area contributed by atoms with Crippen LogP contribution in [-0.2, 0) is 12.8 Å². The van der Waals surface area contributed by atoms with Gasteiger partial charge in [0.2, 0.25) is 0 Å². The second-order valence-electron chi connectivity index (χ2n) is 6.52. The molecule has 3 heteroatoms. The first kappa shape index (κ1) is 15.6. The van der Waals surface area contributed by atoms with Gasteiger partial charge in [0, 0.05) is 5.69 Å². The minimum atomic E-state index is -0.156. The third-order valence-corrected chi connectivity index (χ3v) is 4.61. The minimum Gasteiger partial charge on any atom is -0.331 e. The van der Waals surface area contributed by atoms with Gasteiger partial charge in [0.15, 0.2) is 0 Å². The first-order valence-corrected chi connectivity index (χ1v) is 8.29. The maximum absolute atomic E-state index is 12.3. The zero-order valence-corrected chi connectivity index (χ0v) is 14.1. The molecule has 0 heterocycles. The van der Waals surface area contributed by atoms with Gasteiger partial charge in [-0.25, -0.2) is 4.79 Å². The molecule has 120 valence electrons. The smallest absolute Gasteiger partial charge is 0.319 e. The highest BCUT2D eigenvalue weighted by molar-refractivity contribution is 5.89. The van der Waals surface area contributed by atoms with Gasteiger partial charge in [-0.05, 0) is 74.4 Å². The number of anilines is 1. The number of carbonyl (C=O) groups is 1. The van der Waals surface area contributed by atoms with Crippen LogP contribution in [0.3, 0.4) is 0 Å². The van der Waals surface area contributed by atoms with Crippen LogP contribution in [0.4, 0.5) is 10.5 Å². The Hall–Kier alpha value is -2.29. The molecule has 2 aromatic rings. The van der Waals surface area contributed by atoms with Gasteiger partial charge in [-0.1, -0.05) is 29.8 Å². The first-order chi connectivity index (χ1) is 11.0. The van der Waals surface area contributed by atoms with E-state index < -0.39 is 0 Å². The Bertz CT molecular complexity index is 736. The lowest BCUT2D eigenvalue weighted by molar-refractivity contribution is 0.249. The van der Waals surface area contributed by atoms with Gasteiger partial charge < -0.3 is 10.6 Å². The van der Waals surface area contributed by atoms with Crippen molar-refractivity contribution in [2.45, 2.75) is 46.1 Å². The number of aryl methyl sites for hydroxylation is 4. The summed E-state index contributed by atoms with van der Waals surface area (Å²) >= 11 is 0. The van der Waals surface area contributed by atoms with E-state index in [4.69, 9.17) is 0 Å². The van der Waals surface area contributed by atoms with Crippen molar-refractivity contribution in [3.63, 3.8) is 0 Å². The minimum absolute atomic E-state index is 0.0238. The Balaban J connectivity index is 1.66. The van der Waals surface area contributed by atoms with Crippen molar-refractivity contribution in [2.24, 2.45) is 0 Å². The van der Waals surface area contributed by atoms with Gasteiger partial charge >= 0.3 is 6.03 Å². The number of rotatable bonds is 3. The highest BCUT2D eigenvalue weighted by atomic mass is 16.2.